The van der Waals surface area contributed by atoms with E-state index in [1.54, 1.807) is 23.8 Å². The topological polar surface area (TPSA) is 49.5 Å². The second-order valence-corrected chi connectivity index (χ2v) is 7.75. The molecule has 0 radical (unpaired) electrons. The number of phenols is 1. The number of thiocarbonyl (C=S) groups is 1. The summed E-state index contributed by atoms with van der Waals surface area (Å²) in [5, 5.41) is 12.1. The van der Waals surface area contributed by atoms with Crippen molar-refractivity contribution in [2.45, 2.75) is 6.61 Å². The van der Waals surface area contributed by atoms with Crippen LogP contribution in [0, 0.1) is 0 Å². The van der Waals surface area contributed by atoms with Gasteiger partial charge in [-0.25, -0.2) is 4.79 Å². The highest BCUT2D eigenvalue weighted by molar-refractivity contribution is 7.78. The highest BCUT2D eigenvalue weighted by atomic mass is 32.1. The molecule has 0 aliphatic rings. The van der Waals surface area contributed by atoms with Crippen molar-refractivity contribution >= 4 is 29.0 Å². The Balaban J connectivity index is 1.63. The monoisotopic (exact) mass is 452 g/mol. The molecule has 0 bridgehead atoms. The number of aromatic hydroxyl groups is 1. The molecule has 0 saturated carbocycles. The van der Waals surface area contributed by atoms with E-state index in [9.17, 15) is 9.90 Å². The van der Waals surface area contributed by atoms with Gasteiger partial charge in [0.25, 0.3) is 5.16 Å². The van der Waals surface area contributed by atoms with Gasteiger partial charge in [-0.1, -0.05) is 66.7 Å². The Morgan fingerprint density at radius 2 is 1.39 bits per heavy atom. The number of ether oxygens (including phenoxy) is 1. The third-order valence-electron chi connectivity index (χ3n) is 5.35. The number of nitrogens with zero attached hydrogens (tertiary/aromatic N) is 1. The number of phenolic OH excluding ortho intramolecular Hbond substituents is 1. The Hall–Kier alpha value is -4.05. The number of esters is 1. The average molecular weight is 453 g/mol. The minimum Gasteiger partial charge on any atom is -0.508 e. The zero-order valence-electron chi connectivity index (χ0n) is 18.1. The highest BCUT2D eigenvalue weighted by Crippen LogP contribution is 2.30. The van der Waals surface area contributed by atoms with Crippen molar-refractivity contribution in [2.75, 3.05) is 7.05 Å². The minimum absolute atomic E-state index is 0.190. The zero-order valence-corrected chi connectivity index (χ0v) is 18.9. The van der Waals surface area contributed by atoms with E-state index in [4.69, 9.17) is 17.0 Å². The van der Waals surface area contributed by atoms with E-state index >= 15 is 0 Å². The Bertz CT molecular complexity index is 1320. The molecule has 0 aromatic heterocycles. The molecule has 4 nitrogen and oxygen atoms in total. The highest BCUT2D eigenvalue weighted by Gasteiger charge is 2.21. The number of hydrogen-bond acceptors (Lipinski definition) is 4. The lowest BCUT2D eigenvalue weighted by Crippen LogP contribution is -2.09. The third-order valence-corrected chi connectivity index (χ3v) is 5.62. The fourth-order valence-electron chi connectivity index (χ4n) is 3.53. The number of carbonyl (C=O) groups excluding carboxylic acids is 1. The van der Waals surface area contributed by atoms with Gasteiger partial charge in [-0.15, -0.1) is 4.58 Å². The number of hydrogen-bond donors (Lipinski definition) is 1. The van der Waals surface area contributed by atoms with Crippen molar-refractivity contribution in [3.05, 3.63) is 108 Å². The fourth-order valence-corrected chi connectivity index (χ4v) is 3.63. The lowest BCUT2D eigenvalue weighted by atomic mass is 9.98. The van der Waals surface area contributed by atoms with E-state index in [0.717, 1.165) is 27.8 Å². The zero-order chi connectivity index (χ0) is 23.2. The van der Waals surface area contributed by atoms with Crippen LogP contribution >= 0.6 is 12.2 Å². The summed E-state index contributed by atoms with van der Waals surface area (Å²) in [6.07, 6.45) is 0. The van der Waals surface area contributed by atoms with Gasteiger partial charge in [-0.3, -0.25) is 0 Å². The van der Waals surface area contributed by atoms with Crippen LogP contribution < -0.4 is 0 Å². The van der Waals surface area contributed by atoms with Gasteiger partial charge in [0.15, 0.2) is 0 Å². The van der Waals surface area contributed by atoms with Crippen LogP contribution in [0.25, 0.3) is 22.3 Å². The van der Waals surface area contributed by atoms with E-state index in [1.165, 1.54) is 0 Å². The Morgan fingerprint density at radius 3 is 2.00 bits per heavy atom. The van der Waals surface area contributed by atoms with Gasteiger partial charge < -0.3 is 9.84 Å². The first-order valence-electron chi connectivity index (χ1n) is 10.4. The van der Waals surface area contributed by atoms with E-state index in [0.29, 0.717) is 11.3 Å². The summed E-state index contributed by atoms with van der Waals surface area (Å²) in [5.74, 6) is -0.186. The molecule has 1 N–H and O–H groups in total. The van der Waals surface area contributed by atoms with Crippen molar-refractivity contribution in [1.82, 2.24) is 0 Å². The lowest BCUT2D eigenvalue weighted by Gasteiger charge is -2.10. The standard InChI is InChI=1S/C28H21NO3S/c1-29(19-33)27-16-13-24(17-26(27)28(31)32-18-20-5-3-2-4-6-20)23-9-7-21(8-10-23)22-11-14-25(30)15-12-22/h2-17H,18H2,1H3/p+1. The summed E-state index contributed by atoms with van der Waals surface area (Å²) in [6, 6.07) is 30.3. The van der Waals surface area contributed by atoms with E-state index in [-0.39, 0.29) is 12.4 Å². The van der Waals surface area contributed by atoms with Crippen LogP contribution in [0.5, 0.6) is 5.75 Å². The van der Waals surface area contributed by atoms with Crippen molar-refractivity contribution in [2.24, 2.45) is 0 Å². The minimum atomic E-state index is -0.423. The van der Waals surface area contributed by atoms with Crippen molar-refractivity contribution < 1.29 is 19.2 Å². The molecule has 0 aliphatic carbocycles. The second kappa shape index (κ2) is 10.0. The van der Waals surface area contributed by atoms with E-state index < -0.39 is 5.97 Å². The molecule has 0 aliphatic heterocycles. The largest absolute Gasteiger partial charge is 0.508 e. The summed E-state index contributed by atoms with van der Waals surface area (Å²) in [5.41, 5.74) is 5.88. The smallest absolute Gasteiger partial charge is 0.345 e. The van der Waals surface area contributed by atoms with Crippen LogP contribution in [0.3, 0.4) is 0 Å². The van der Waals surface area contributed by atoms with Crippen molar-refractivity contribution in [3.8, 4) is 28.0 Å². The number of benzene rings is 4. The normalized spacial score (nSPS) is 10.3. The molecule has 5 heteroatoms. The van der Waals surface area contributed by atoms with E-state index in [1.807, 2.05) is 84.9 Å². The SMILES string of the molecule is C[N+](=C=S)c1ccc(-c2ccc(-c3ccc(O)cc3)cc2)cc1C(=O)OCc1ccccc1. The molecule has 4 aromatic rings. The summed E-state index contributed by atoms with van der Waals surface area (Å²) in [4.78, 5) is 13.0. The van der Waals surface area contributed by atoms with E-state index in [2.05, 4.69) is 5.16 Å². The average Bonchev–Trinajstić information content (AvgIpc) is 2.87. The lowest BCUT2D eigenvalue weighted by molar-refractivity contribution is -0.395. The van der Waals surface area contributed by atoms with Crippen LogP contribution in [-0.4, -0.2) is 27.9 Å². The van der Waals surface area contributed by atoms with Crippen LogP contribution in [0.15, 0.2) is 97.1 Å². The summed E-state index contributed by atoms with van der Waals surface area (Å²) < 4.78 is 7.18. The first-order valence-corrected chi connectivity index (χ1v) is 10.8. The quantitative estimate of drug-likeness (QED) is 0.158. The maximum Gasteiger partial charge on any atom is 0.345 e. The Morgan fingerprint density at radius 1 is 0.848 bits per heavy atom. The van der Waals surface area contributed by atoms with Gasteiger partial charge >= 0.3 is 5.97 Å². The van der Waals surface area contributed by atoms with Crippen LogP contribution in [0.2, 0.25) is 0 Å². The molecule has 0 heterocycles. The maximum atomic E-state index is 13.0. The van der Waals surface area contributed by atoms with Crippen LogP contribution in [-0.2, 0) is 11.3 Å². The van der Waals surface area contributed by atoms with Crippen LogP contribution in [0.4, 0.5) is 5.69 Å². The molecule has 0 amide bonds. The van der Waals surface area contributed by atoms with Gasteiger partial charge in [-0.05, 0) is 52.1 Å². The molecule has 0 spiro atoms. The van der Waals surface area contributed by atoms with Crippen molar-refractivity contribution in [1.29, 1.82) is 0 Å². The van der Waals surface area contributed by atoms with Crippen molar-refractivity contribution in [3.63, 3.8) is 0 Å². The first kappa shape index (κ1) is 22.2. The summed E-state index contributed by atoms with van der Waals surface area (Å²) >= 11 is 4.95. The number of isothiocyanates is 1. The fraction of sp³-hybridized carbons (Fsp3) is 0.0714. The van der Waals surface area contributed by atoms with Gasteiger partial charge in [-0.2, -0.15) is 0 Å². The number of rotatable bonds is 6. The third kappa shape index (κ3) is 5.24. The molecular formula is C28H22NO3S+. The summed E-state index contributed by atoms with van der Waals surface area (Å²) in [6.45, 7) is 0.190. The van der Waals surface area contributed by atoms with Gasteiger partial charge in [0, 0.05) is 18.3 Å². The molecule has 0 saturated heterocycles. The molecule has 4 aromatic carbocycles. The number of carbonyl (C=O) groups is 1. The molecule has 162 valence electrons. The predicted octanol–water partition coefficient (Wildman–Crippen LogP) is 6.46. The molecular weight excluding hydrogens is 430 g/mol. The molecule has 0 atom stereocenters. The van der Waals surface area contributed by atoms with Gasteiger partial charge in [0.2, 0.25) is 5.69 Å². The summed E-state index contributed by atoms with van der Waals surface area (Å²) in [7, 11) is 1.75. The maximum absolute atomic E-state index is 13.0. The Kier molecular flexibility index (Phi) is 6.75. The first-order chi connectivity index (χ1) is 16.0. The van der Waals surface area contributed by atoms with Gasteiger partial charge in [0.1, 0.15) is 25.0 Å². The van der Waals surface area contributed by atoms with Gasteiger partial charge in [0.05, 0.1) is 0 Å². The predicted molar refractivity (Wildman–Crippen MR) is 133 cm³/mol. The second-order valence-electron chi connectivity index (χ2n) is 7.57. The molecule has 0 fully saturated rings. The Labute approximate surface area is 198 Å². The molecule has 4 rings (SSSR count). The molecule has 0 unspecified atom stereocenters. The molecule has 33 heavy (non-hydrogen) atoms. The van der Waals surface area contributed by atoms with Crippen LogP contribution in [0.1, 0.15) is 15.9 Å².